The second-order valence-electron chi connectivity index (χ2n) is 5.12. The number of ether oxygens (including phenoxy) is 2. The number of hydrogen-bond acceptors (Lipinski definition) is 6. The van der Waals surface area contributed by atoms with Crippen molar-refractivity contribution in [1.29, 1.82) is 10.5 Å². The summed E-state index contributed by atoms with van der Waals surface area (Å²) in [5.41, 5.74) is 2.40. The van der Waals surface area contributed by atoms with Crippen LogP contribution in [0.2, 0.25) is 0 Å². The van der Waals surface area contributed by atoms with E-state index in [1.165, 1.54) is 20.3 Å². The lowest BCUT2D eigenvalue weighted by Crippen LogP contribution is -2.23. The van der Waals surface area contributed by atoms with Crippen LogP contribution in [-0.4, -0.2) is 19.3 Å². The molecule has 0 aromatic heterocycles. The number of phenols is 1. The number of aromatic hydroxyl groups is 1. The van der Waals surface area contributed by atoms with E-state index in [9.17, 15) is 15.6 Å². The minimum atomic E-state index is -0.688. The third-order valence-electron chi connectivity index (χ3n) is 3.84. The van der Waals surface area contributed by atoms with Crippen molar-refractivity contribution in [2.75, 3.05) is 14.2 Å². The smallest absolute Gasteiger partial charge is 0.130 e. The van der Waals surface area contributed by atoms with Crippen molar-refractivity contribution in [1.82, 2.24) is 5.32 Å². The lowest BCUT2D eigenvalue weighted by molar-refractivity contribution is 0.378. The van der Waals surface area contributed by atoms with Crippen molar-refractivity contribution >= 4 is 0 Å². The van der Waals surface area contributed by atoms with Crippen molar-refractivity contribution < 1.29 is 14.6 Å². The van der Waals surface area contributed by atoms with Crippen molar-refractivity contribution in [2.45, 2.75) is 19.8 Å². The summed E-state index contributed by atoms with van der Waals surface area (Å²) in [6.45, 7) is 3.52. The molecule has 0 atom stereocenters. The predicted molar refractivity (Wildman–Crippen MR) is 83.7 cm³/mol. The predicted octanol–water partition coefficient (Wildman–Crippen LogP) is 2.69. The molecule has 118 valence electrons. The minimum absolute atomic E-state index is 0.0887. The van der Waals surface area contributed by atoms with Gasteiger partial charge >= 0.3 is 0 Å². The molecule has 1 aliphatic rings. The Morgan fingerprint density at radius 3 is 2.04 bits per heavy atom. The largest absolute Gasteiger partial charge is 0.507 e. The second-order valence-corrected chi connectivity index (χ2v) is 5.12. The van der Waals surface area contributed by atoms with Gasteiger partial charge in [0.05, 0.1) is 43.4 Å². The summed E-state index contributed by atoms with van der Waals surface area (Å²) in [6.07, 6.45) is 0. The van der Waals surface area contributed by atoms with Crippen molar-refractivity contribution in [3.8, 4) is 29.4 Å². The Bertz CT molecular complexity index is 759. The van der Waals surface area contributed by atoms with Crippen LogP contribution in [0.4, 0.5) is 0 Å². The zero-order valence-corrected chi connectivity index (χ0v) is 13.4. The van der Waals surface area contributed by atoms with Gasteiger partial charge in [-0.25, -0.2) is 0 Å². The Morgan fingerprint density at radius 2 is 1.61 bits per heavy atom. The van der Waals surface area contributed by atoms with Gasteiger partial charge in [0.15, 0.2) is 0 Å². The van der Waals surface area contributed by atoms with Gasteiger partial charge in [-0.05, 0) is 13.8 Å². The van der Waals surface area contributed by atoms with Gasteiger partial charge in [0.1, 0.15) is 17.2 Å². The van der Waals surface area contributed by atoms with E-state index < -0.39 is 5.92 Å². The Hall–Kier alpha value is -3.12. The SMILES string of the molecule is COc1cc(O)c(C2C(C#N)=C(C)NC(C)=C2C#N)c(OC)c1. The summed E-state index contributed by atoms with van der Waals surface area (Å²) < 4.78 is 10.5. The fourth-order valence-electron chi connectivity index (χ4n) is 2.74. The van der Waals surface area contributed by atoms with Gasteiger partial charge < -0.3 is 19.9 Å². The number of rotatable bonds is 3. The van der Waals surface area contributed by atoms with E-state index >= 15 is 0 Å². The second kappa shape index (κ2) is 6.33. The fourth-order valence-corrected chi connectivity index (χ4v) is 2.74. The standard InChI is InChI=1S/C17H17N3O3/c1-9-12(7-18)16(13(8-19)10(2)20-9)17-14(21)5-11(22-3)6-15(17)23-4/h5-6,16,20-21H,1-4H3. The van der Waals surface area contributed by atoms with E-state index in [1.54, 1.807) is 19.9 Å². The number of hydrogen-bond donors (Lipinski definition) is 2. The van der Waals surface area contributed by atoms with E-state index in [0.29, 0.717) is 39.6 Å². The highest BCUT2D eigenvalue weighted by atomic mass is 16.5. The lowest BCUT2D eigenvalue weighted by atomic mass is 9.80. The van der Waals surface area contributed by atoms with Gasteiger partial charge in [0.2, 0.25) is 0 Å². The van der Waals surface area contributed by atoms with Crippen LogP contribution in [0.15, 0.2) is 34.7 Å². The molecule has 6 heteroatoms. The molecule has 0 amide bonds. The fraction of sp³-hybridized carbons (Fsp3) is 0.294. The first-order chi connectivity index (χ1) is 11.0. The average molecular weight is 311 g/mol. The van der Waals surface area contributed by atoms with Crippen LogP contribution >= 0.6 is 0 Å². The van der Waals surface area contributed by atoms with Gasteiger partial charge in [-0.3, -0.25) is 0 Å². The molecule has 0 radical (unpaired) electrons. The van der Waals surface area contributed by atoms with E-state index in [0.717, 1.165) is 0 Å². The van der Waals surface area contributed by atoms with E-state index in [-0.39, 0.29) is 5.75 Å². The number of benzene rings is 1. The molecule has 0 saturated carbocycles. The molecule has 6 nitrogen and oxygen atoms in total. The van der Waals surface area contributed by atoms with Crippen molar-refractivity contribution in [2.24, 2.45) is 0 Å². The number of phenolic OH excluding ortho intramolecular Hbond substituents is 1. The molecule has 0 fully saturated rings. The maximum Gasteiger partial charge on any atom is 0.130 e. The maximum atomic E-state index is 10.4. The van der Waals surface area contributed by atoms with Gasteiger partial charge in [0, 0.05) is 29.1 Å². The first-order valence-electron chi connectivity index (χ1n) is 6.92. The molecular weight excluding hydrogens is 294 g/mol. The van der Waals surface area contributed by atoms with Gasteiger partial charge in [0.25, 0.3) is 0 Å². The zero-order chi connectivity index (χ0) is 17.1. The molecule has 2 rings (SSSR count). The van der Waals surface area contributed by atoms with Crippen LogP contribution in [0.3, 0.4) is 0 Å². The Kier molecular flexibility index (Phi) is 4.47. The zero-order valence-electron chi connectivity index (χ0n) is 13.4. The Balaban J connectivity index is 2.79. The monoisotopic (exact) mass is 311 g/mol. The molecular formula is C17H17N3O3. The molecule has 2 N–H and O–H groups in total. The number of nitrogens with zero attached hydrogens (tertiary/aromatic N) is 2. The first kappa shape index (κ1) is 16.3. The topological polar surface area (TPSA) is 98.3 Å². The van der Waals surface area contributed by atoms with Crippen molar-refractivity contribution in [3.63, 3.8) is 0 Å². The number of nitriles is 2. The van der Waals surface area contributed by atoms with Crippen LogP contribution in [-0.2, 0) is 0 Å². The van der Waals surface area contributed by atoms with Crippen LogP contribution in [0, 0.1) is 22.7 Å². The van der Waals surface area contributed by atoms with Crippen LogP contribution < -0.4 is 14.8 Å². The summed E-state index contributed by atoms with van der Waals surface area (Å²) >= 11 is 0. The van der Waals surface area contributed by atoms with E-state index in [2.05, 4.69) is 17.5 Å². The summed E-state index contributed by atoms with van der Waals surface area (Å²) in [5.74, 6) is 0.00612. The number of allylic oxidation sites excluding steroid dienone is 4. The van der Waals surface area contributed by atoms with Crippen LogP contribution in [0.25, 0.3) is 0 Å². The van der Waals surface area contributed by atoms with Gasteiger partial charge in [-0.1, -0.05) is 0 Å². The Morgan fingerprint density at radius 1 is 1.04 bits per heavy atom. The third kappa shape index (κ3) is 2.67. The molecule has 0 unspecified atom stereocenters. The minimum Gasteiger partial charge on any atom is -0.507 e. The average Bonchev–Trinajstić information content (AvgIpc) is 2.53. The summed E-state index contributed by atoms with van der Waals surface area (Å²) in [4.78, 5) is 0. The van der Waals surface area contributed by atoms with E-state index in [4.69, 9.17) is 9.47 Å². The Labute approximate surface area is 134 Å². The maximum absolute atomic E-state index is 10.4. The van der Waals surface area contributed by atoms with Crippen molar-refractivity contribution in [3.05, 3.63) is 40.2 Å². The third-order valence-corrected chi connectivity index (χ3v) is 3.84. The summed E-state index contributed by atoms with van der Waals surface area (Å²) in [6, 6.07) is 7.31. The molecule has 0 saturated heterocycles. The lowest BCUT2D eigenvalue weighted by Gasteiger charge is -2.27. The van der Waals surface area contributed by atoms with E-state index in [1.807, 2.05) is 0 Å². The van der Waals surface area contributed by atoms with Crippen LogP contribution in [0.5, 0.6) is 17.2 Å². The molecule has 1 aromatic rings. The number of methoxy groups -OCH3 is 2. The highest BCUT2D eigenvalue weighted by Crippen LogP contribution is 2.46. The molecule has 1 aromatic carbocycles. The first-order valence-corrected chi connectivity index (χ1v) is 6.92. The molecule has 1 aliphatic heterocycles. The summed E-state index contributed by atoms with van der Waals surface area (Å²) in [7, 11) is 2.94. The van der Waals surface area contributed by atoms with Gasteiger partial charge in [-0.15, -0.1) is 0 Å². The highest BCUT2D eigenvalue weighted by molar-refractivity contribution is 5.63. The normalized spacial score (nSPS) is 14.9. The quantitative estimate of drug-likeness (QED) is 0.890. The molecule has 0 spiro atoms. The highest BCUT2D eigenvalue weighted by Gasteiger charge is 2.34. The molecule has 0 bridgehead atoms. The molecule has 23 heavy (non-hydrogen) atoms. The molecule has 0 aliphatic carbocycles. The molecule has 1 heterocycles. The summed E-state index contributed by atoms with van der Waals surface area (Å²) in [5, 5.41) is 32.5. The number of nitrogens with one attached hydrogen (secondary N) is 1. The number of dihydropyridines is 1. The van der Waals surface area contributed by atoms with Gasteiger partial charge in [-0.2, -0.15) is 10.5 Å². The van der Waals surface area contributed by atoms with Crippen LogP contribution in [0.1, 0.15) is 25.3 Å².